The number of fused-ring (bicyclic) bond motifs is 1. The van der Waals surface area contributed by atoms with Crippen LogP contribution in [0.15, 0.2) is 24.3 Å². The lowest BCUT2D eigenvalue weighted by Crippen LogP contribution is -2.39. The molecule has 0 radical (unpaired) electrons. The van der Waals surface area contributed by atoms with Crippen LogP contribution in [0.5, 0.6) is 0 Å². The van der Waals surface area contributed by atoms with E-state index in [2.05, 4.69) is 27.7 Å². The van der Waals surface area contributed by atoms with E-state index < -0.39 is 0 Å². The van der Waals surface area contributed by atoms with E-state index in [0.29, 0.717) is 24.9 Å². The van der Waals surface area contributed by atoms with Gasteiger partial charge in [-0.25, -0.2) is 0 Å². The minimum atomic E-state index is -0.197. The lowest BCUT2D eigenvalue weighted by Gasteiger charge is -2.27. The Kier molecular flexibility index (Phi) is 3.37. The van der Waals surface area contributed by atoms with Crippen LogP contribution in [0.4, 0.5) is 5.69 Å². The summed E-state index contributed by atoms with van der Waals surface area (Å²) in [5.41, 5.74) is 2.23. The van der Waals surface area contributed by atoms with E-state index in [4.69, 9.17) is 0 Å². The molecule has 0 saturated carbocycles. The first-order valence-electron chi connectivity index (χ1n) is 8.16. The fourth-order valence-electron chi connectivity index (χ4n) is 4.12. The number of amides is 2. The number of nitrogens with zero attached hydrogens (tertiary/aromatic N) is 1. The van der Waals surface area contributed by atoms with Crippen LogP contribution < -0.4 is 15.5 Å². The molecule has 22 heavy (non-hydrogen) atoms. The van der Waals surface area contributed by atoms with Gasteiger partial charge in [0, 0.05) is 30.7 Å². The number of carbonyl (C=O) groups excluding carboxylic acids is 2. The van der Waals surface area contributed by atoms with Gasteiger partial charge in [-0.2, -0.15) is 0 Å². The third-order valence-electron chi connectivity index (χ3n) is 5.24. The molecule has 3 heterocycles. The Morgan fingerprint density at radius 2 is 2.05 bits per heavy atom. The number of rotatable bonds is 2. The topological polar surface area (TPSA) is 61.4 Å². The SMILES string of the molecule is O=C1CCC(c2cccc(N3CC[C@@H]4NCC[C@@H]43)c2)C(=O)N1. The molecule has 3 aliphatic rings. The molecule has 1 aromatic carbocycles. The van der Waals surface area contributed by atoms with Crippen molar-refractivity contribution in [2.45, 2.75) is 43.7 Å². The number of nitrogens with one attached hydrogen (secondary N) is 2. The second-order valence-electron chi connectivity index (χ2n) is 6.50. The maximum atomic E-state index is 12.1. The summed E-state index contributed by atoms with van der Waals surface area (Å²) in [6.45, 7) is 2.17. The van der Waals surface area contributed by atoms with Gasteiger partial charge in [0.15, 0.2) is 0 Å². The summed E-state index contributed by atoms with van der Waals surface area (Å²) < 4.78 is 0. The summed E-state index contributed by atoms with van der Waals surface area (Å²) in [5, 5.41) is 6.02. The molecule has 0 aromatic heterocycles. The molecule has 116 valence electrons. The minimum Gasteiger partial charge on any atom is -0.367 e. The van der Waals surface area contributed by atoms with Gasteiger partial charge in [0.25, 0.3) is 0 Å². The Balaban J connectivity index is 1.58. The van der Waals surface area contributed by atoms with Gasteiger partial charge in [0.1, 0.15) is 0 Å². The molecule has 0 aliphatic carbocycles. The van der Waals surface area contributed by atoms with E-state index in [-0.39, 0.29) is 17.7 Å². The number of anilines is 1. The zero-order valence-electron chi connectivity index (χ0n) is 12.5. The van der Waals surface area contributed by atoms with E-state index in [1.54, 1.807) is 0 Å². The normalized spacial score (nSPS) is 31.3. The van der Waals surface area contributed by atoms with Crippen molar-refractivity contribution in [2.75, 3.05) is 18.0 Å². The molecular formula is C17H21N3O2. The number of hydrogen-bond acceptors (Lipinski definition) is 4. The molecule has 1 aromatic rings. The van der Waals surface area contributed by atoms with E-state index in [1.165, 1.54) is 18.5 Å². The van der Waals surface area contributed by atoms with Crippen molar-refractivity contribution in [1.29, 1.82) is 0 Å². The van der Waals surface area contributed by atoms with Crippen LogP contribution in [-0.4, -0.2) is 37.0 Å². The van der Waals surface area contributed by atoms with Crippen molar-refractivity contribution in [3.8, 4) is 0 Å². The second-order valence-corrected chi connectivity index (χ2v) is 6.50. The van der Waals surface area contributed by atoms with E-state index >= 15 is 0 Å². The largest absolute Gasteiger partial charge is 0.367 e. The van der Waals surface area contributed by atoms with Crippen molar-refractivity contribution in [2.24, 2.45) is 0 Å². The Morgan fingerprint density at radius 1 is 1.14 bits per heavy atom. The number of piperidine rings is 1. The van der Waals surface area contributed by atoms with Crippen molar-refractivity contribution in [1.82, 2.24) is 10.6 Å². The highest BCUT2D eigenvalue weighted by Gasteiger charge is 2.37. The molecule has 3 aliphatic heterocycles. The van der Waals surface area contributed by atoms with Crippen molar-refractivity contribution < 1.29 is 9.59 Å². The predicted molar refractivity (Wildman–Crippen MR) is 83.7 cm³/mol. The molecule has 5 nitrogen and oxygen atoms in total. The Morgan fingerprint density at radius 3 is 2.91 bits per heavy atom. The van der Waals surface area contributed by atoms with Gasteiger partial charge in [0.2, 0.25) is 11.8 Å². The molecule has 0 bridgehead atoms. The molecule has 2 N–H and O–H groups in total. The smallest absolute Gasteiger partial charge is 0.234 e. The molecule has 3 saturated heterocycles. The highest BCUT2D eigenvalue weighted by atomic mass is 16.2. The quantitative estimate of drug-likeness (QED) is 0.804. The summed E-state index contributed by atoms with van der Waals surface area (Å²) >= 11 is 0. The third kappa shape index (κ3) is 2.29. The van der Waals surface area contributed by atoms with Gasteiger partial charge >= 0.3 is 0 Å². The number of imide groups is 1. The average Bonchev–Trinajstić information content (AvgIpc) is 3.10. The van der Waals surface area contributed by atoms with Crippen LogP contribution in [0.2, 0.25) is 0 Å². The number of carbonyl (C=O) groups is 2. The standard InChI is InChI=1S/C17H21N3O2/c21-16-5-4-13(17(22)19-16)11-2-1-3-12(10-11)20-9-7-14-15(20)6-8-18-14/h1-3,10,13-15,18H,4-9H2,(H,19,21,22)/t13?,14-,15-/m0/s1. The van der Waals surface area contributed by atoms with Crippen LogP contribution in [-0.2, 0) is 9.59 Å². The summed E-state index contributed by atoms with van der Waals surface area (Å²) in [4.78, 5) is 25.8. The first kappa shape index (κ1) is 13.8. The minimum absolute atomic E-state index is 0.156. The Bertz CT molecular complexity index is 616. The molecule has 0 spiro atoms. The number of benzene rings is 1. The maximum absolute atomic E-state index is 12.1. The third-order valence-corrected chi connectivity index (χ3v) is 5.24. The average molecular weight is 299 g/mol. The molecule has 3 fully saturated rings. The summed E-state index contributed by atoms with van der Waals surface area (Å²) in [6, 6.07) is 9.50. The molecule has 1 unspecified atom stereocenters. The van der Waals surface area contributed by atoms with Crippen LogP contribution in [0, 0.1) is 0 Å². The van der Waals surface area contributed by atoms with E-state index in [9.17, 15) is 9.59 Å². The van der Waals surface area contributed by atoms with E-state index in [0.717, 1.165) is 18.7 Å². The fraction of sp³-hybridized carbons (Fsp3) is 0.529. The highest BCUT2D eigenvalue weighted by Crippen LogP contribution is 2.33. The van der Waals surface area contributed by atoms with Crippen molar-refractivity contribution >= 4 is 17.5 Å². The second kappa shape index (κ2) is 5.39. The van der Waals surface area contributed by atoms with Crippen LogP contribution >= 0.6 is 0 Å². The summed E-state index contributed by atoms with van der Waals surface area (Å²) in [7, 11) is 0. The lowest BCUT2D eigenvalue weighted by atomic mass is 9.90. The van der Waals surface area contributed by atoms with Crippen molar-refractivity contribution in [3.05, 3.63) is 29.8 Å². The van der Waals surface area contributed by atoms with Gasteiger partial charge in [-0.1, -0.05) is 12.1 Å². The first-order chi connectivity index (χ1) is 10.7. The summed E-state index contributed by atoms with van der Waals surface area (Å²) in [6.07, 6.45) is 3.42. The molecular weight excluding hydrogens is 278 g/mol. The Labute approximate surface area is 130 Å². The van der Waals surface area contributed by atoms with Gasteiger partial charge in [-0.05, 0) is 43.5 Å². The molecule has 5 heteroatoms. The zero-order chi connectivity index (χ0) is 15.1. The van der Waals surface area contributed by atoms with Crippen LogP contribution in [0.25, 0.3) is 0 Å². The fourth-order valence-corrected chi connectivity index (χ4v) is 4.12. The van der Waals surface area contributed by atoms with Gasteiger partial charge in [0.05, 0.1) is 5.92 Å². The maximum Gasteiger partial charge on any atom is 0.234 e. The van der Waals surface area contributed by atoms with Gasteiger partial charge in [-0.15, -0.1) is 0 Å². The lowest BCUT2D eigenvalue weighted by molar-refractivity contribution is -0.134. The molecule has 4 rings (SSSR count). The zero-order valence-corrected chi connectivity index (χ0v) is 12.5. The number of hydrogen-bond donors (Lipinski definition) is 2. The van der Waals surface area contributed by atoms with Gasteiger partial charge in [-0.3, -0.25) is 14.9 Å². The van der Waals surface area contributed by atoms with Crippen LogP contribution in [0.3, 0.4) is 0 Å². The van der Waals surface area contributed by atoms with E-state index in [1.807, 2.05) is 12.1 Å². The predicted octanol–water partition coefficient (Wildman–Crippen LogP) is 1.15. The summed E-state index contributed by atoms with van der Waals surface area (Å²) in [5.74, 6) is -0.509. The highest BCUT2D eigenvalue weighted by molar-refractivity contribution is 6.01. The molecule has 2 amide bonds. The Hall–Kier alpha value is -1.88. The molecule has 3 atom stereocenters. The van der Waals surface area contributed by atoms with Crippen molar-refractivity contribution in [3.63, 3.8) is 0 Å². The monoisotopic (exact) mass is 299 g/mol. The van der Waals surface area contributed by atoms with Crippen LogP contribution in [0.1, 0.15) is 37.2 Å². The van der Waals surface area contributed by atoms with Gasteiger partial charge < -0.3 is 10.2 Å². The first-order valence-corrected chi connectivity index (χ1v) is 8.16.